The summed E-state index contributed by atoms with van der Waals surface area (Å²) in [5.41, 5.74) is 0.856. The number of hydrogen-bond acceptors (Lipinski definition) is 2. The standard InChI is InChI=1S/C15H20Cl2N2O/c1-9-8-11(6-7-18-9)15(20)19-10(2)12-4-3-5-13(16)14(12)17/h3-5,9-11,18H,6-8H2,1-2H3,(H,19,20)/t9-,10?,11-/m0/s1. The van der Waals surface area contributed by atoms with Gasteiger partial charge in [0, 0.05) is 12.0 Å². The molecule has 20 heavy (non-hydrogen) atoms. The van der Waals surface area contributed by atoms with Crippen LogP contribution in [0.3, 0.4) is 0 Å². The predicted molar refractivity (Wildman–Crippen MR) is 83.2 cm³/mol. The van der Waals surface area contributed by atoms with Crippen molar-refractivity contribution in [1.29, 1.82) is 0 Å². The molecule has 1 aromatic carbocycles. The molecule has 3 atom stereocenters. The molecular weight excluding hydrogens is 295 g/mol. The first-order valence-electron chi connectivity index (χ1n) is 6.96. The molecule has 5 heteroatoms. The van der Waals surface area contributed by atoms with E-state index in [4.69, 9.17) is 23.2 Å². The van der Waals surface area contributed by atoms with E-state index < -0.39 is 0 Å². The molecule has 1 aliphatic rings. The molecule has 0 aromatic heterocycles. The van der Waals surface area contributed by atoms with Crippen molar-refractivity contribution in [3.8, 4) is 0 Å². The van der Waals surface area contributed by atoms with Crippen LogP contribution < -0.4 is 10.6 Å². The van der Waals surface area contributed by atoms with Gasteiger partial charge in [-0.1, -0.05) is 35.3 Å². The Balaban J connectivity index is 2.02. The molecule has 3 nitrogen and oxygen atoms in total. The normalized spacial score (nSPS) is 24.2. The molecule has 1 aromatic rings. The Labute approximate surface area is 130 Å². The number of hydrogen-bond donors (Lipinski definition) is 2. The van der Waals surface area contributed by atoms with Crippen molar-refractivity contribution < 1.29 is 4.79 Å². The summed E-state index contributed by atoms with van der Waals surface area (Å²) in [4.78, 5) is 12.3. The minimum absolute atomic E-state index is 0.0756. The van der Waals surface area contributed by atoms with Crippen molar-refractivity contribution in [2.75, 3.05) is 6.54 Å². The highest BCUT2D eigenvalue weighted by atomic mass is 35.5. The third kappa shape index (κ3) is 3.66. The van der Waals surface area contributed by atoms with E-state index in [9.17, 15) is 4.79 Å². The predicted octanol–water partition coefficient (Wildman–Crippen LogP) is 3.56. The van der Waals surface area contributed by atoms with Crippen molar-refractivity contribution in [1.82, 2.24) is 10.6 Å². The molecule has 1 saturated heterocycles. The molecule has 1 unspecified atom stereocenters. The zero-order chi connectivity index (χ0) is 14.7. The fraction of sp³-hybridized carbons (Fsp3) is 0.533. The molecule has 1 fully saturated rings. The van der Waals surface area contributed by atoms with Gasteiger partial charge in [0.25, 0.3) is 0 Å². The van der Waals surface area contributed by atoms with Crippen molar-refractivity contribution in [2.45, 2.75) is 38.8 Å². The van der Waals surface area contributed by atoms with E-state index in [-0.39, 0.29) is 17.9 Å². The van der Waals surface area contributed by atoms with Crippen LogP contribution in [-0.2, 0) is 4.79 Å². The highest BCUT2D eigenvalue weighted by Gasteiger charge is 2.26. The highest BCUT2D eigenvalue weighted by molar-refractivity contribution is 6.42. The number of amides is 1. The fourth-order valence-electron chi connectivity index (χ4n) is 2.63. The minimum Gasteiger partial charge on any atom is -0.349 e. The van der Waals surface area contributed by atoms with Gasteiger partial charge in [0.1, 0.15) is 0 Å². The number of carbonyl (C=O) groups is 1. The zero-order valence-corrected chi connectivity index (χ0v) is 13.3. The maximum absolute atomic E-state index is 12.3. The Bertz CT molecular complexity index is 493. The van der Waals surface area contributed by atoms with Gasteiger partial charge >= 0.3 is 0 Å². The second kappa shape index (κ2) is 6.79. The molecule has 1 heterocycles. The Morgan fingerprint density at radius 1 is 1.45 bits per heavy atom. The first-order valence-corrected chi connectivity index (χ1v) is 7.72. The zero-order valence-electron chi connectivity index (χ0n) is 11.7. The lowest BCUT2D eigenvalue weighted by atomic mass is 9.92. The van der Waals surface area contributed by atoms with Crippen LogP contribution in [0.2, 0.25) is 10.0 Å². The molecule has 0 saturated carbocycles. The number of rotatable bonds is 3. The van der Waals surface area contributed by atoms with Gasteiger partial charge in [0.15, 0.2) is 0 Å². The third-order valence-corrected chi connectivity index (χ3v) is 4.63. The Kier molecular flexibility index (Phi) is 5.30. The van der Waals surface area contributed by atoms with E-state index in [1.54, 1.807) is 6.07 Å². The Morgan fingerprint density at radius 2 is 2.20 bits per heavy atom. The first kappa shape index (κ1) is 15.6. The summed E-state index contributed by atoms with van der Waals surface area (Å²) in [6, 6.07) is 5.74. The Hall–Kier alpha value is -0.770. The molecule has 1 aliphatic heterocycles. The average Bonchev–Trinajstić information content (AvgIpc) is 2.41. The van der Waals surface area contributed by atoms with Crippen molar-refractivity contribution >= 4 is 29.1 Å². The molecule has 1 amide bonds. The lowest BCUT2D eigenvalue weighted by Crippen LogP contribution is -2.43. The lowest BCUT2D eigenvalue weighted by Gasteiger charge is -2.28. The summed E-state index contributed by atoms with van der Waals surface area (Å²) in [5.74, 6) is 0.175. The molecule has 0 spiro atoms. The van der Waals surface area contributed by atoms with Crippen LogP contribution in [0, 0.1) is 5.92 Å². The largest absolute Gasteiger partial charge is 0.349 e. The molecule has 2 N–H and O–H groups in total. The van der Waals surface area contributed by atoms with Crippen LogP contribution in [0.1, 0.15) is 38.3 Å². The summed E-state index contributed by atoms with van der Waals surface area (Å²) in [7, 11) is 0. The van der Waals surface area contributed by atoms with Gasteiger partial charge in [0.05, 0.1) is 16.1 Å². The average molecular weight is 315 g/mol. The molecule has 0 aliphatic carbocycles. The second-order valence-electron chi connectivity index (χ2n) is 5.45. The van der Waals surface area contributed by atoms with Gasteiger partial charge in [-0.25, -0.2) is 0 Å². The monoisotopic (exact) mass is 314 g/mol. The summed E-state index contributed by atoms with van der Waals surface area (Å²) in [6.07, 6.45) is 1.76. The van der Waals surface area contributed by atoms with Crippen molar-refractivity contribution in [3.05, 3.63) is 33.8 Å². The number of nitrogens with one attached hydrogen (secondary N) is 2. The fourth-order valence-corrected chi connectivity index (χ4v) is 3.11. The summed E-state index contributed by atoms with van der Waals surface area (Å²) < 4.78 is 0. The maximum Gasteiger partial charge on any atom is 0.223 e. The number of piperidine rings is 1. The lowest BCUT2D eigenvalue weighted by molar-refractivity contribution is -0.126. The topological polar surface area (TPSA) is 41.1 Å². The van der Waals surface area contributed by atoms with Crippen LogP contribution in [0.25, 0.3) is 0 Å². The van der Waals surface area contributed by atoms with Gasteiger partial charge in [-0.2, -0.15) is 0 Å². The van der Waals surface area contributed by atoms with Crippen molar-refractivity contribution in [3.63, 3.8) is 0 Å². The third-order valence-electron chi connectivity index (χ3n) is 3.80. The molecule has 110 valence electrons. The highest BCUT2D eigenvalue weighted by Crippen LogP contribution is 2.30. The molecule has 0 bridgehead atoms. The SMILES string of the molecule is CC(NC(=O)[C@H]1CCN[C@@H](C)C1)c1cccc(Cl)c1Cl. The van der Waals surface area contributed by atoms with Gasteiger partial charge in [-0.05, 0) is 44.9 Å². The van der Waals surface area contributed by atoms with Crippen LogP contribution >= 0.6 is 23.2 Å². The van der Waals surface area contributed by atoms with E-state index in [1.165, 1.54) is 0 Å². The van der Waals surface area contributed by atoms with Crippen LogP contribution in [0.5, 0.6) is 0 Å². The van der Waals surface area contributed by atoms with Gasteiger partial charge < -0.3 is 10.6 Å². The maximum atomic E-state index is 12.3. The smallest absolute Gasteiger partial charge is 0.223 e. The number of carbonyl (C=O) groups excluding carboxylic acids is 1. The molecular formula is C15H20Cl2N2O. The van der Waals surface area contributed by atoms with Gasteiger partial charge in [0.2, 0.25) is 5.91 Å². The van der Waals surface area contributed by atoms with E-state index in [0.29, 0.717) is 16.1 Å². The van der Waals surface area contributed by atoms with Crippen LogP contribution in [0.4, 0.5) is 0 Å². The molecule has 2 rings (SSSR count). The van der Waals surface area contributed by atoms with Crippen molar-refractivity contribution in [2.24, 2.45) is 5.92 Å². The number of halogens is 2. The first-order chi connectivity index (χ1) is 9.49. The number of benzene rings is 1. The minimum atomic E-state index is -0.140. The Morgan fingerprint density at radius 3 is 2.90 bits per heavy atom. The van der Waals surface area contributed by atoms with E-state index in [0.717, 1.165) is 24.9 Å². The van der Waals surface area contributed by atoms with Crippen LogP contribution in [0.15, 0.2) is 18.2 Å². The second-order valence-corrected chi connectivity index (χ2v) is 6.23. The van der Waals surface area contributed by atoms with E-state index >= 15 is 0 Å². The quantitative estimate of drug-likeness (QED) is 0.895. The molecule has 0 radical (unpaired) electrons. The summed E-state index contributed by atoms with van der Waals surface area (Å²) in [6.45, 7) is 4.93. The van der Waals surface area contributed by atoms with Crippen LogP contribution in [-0.4, -0.2) is 18.5 Å². The van der Waals surface area contributed by atoms with Gasteiger partial charge in [-0.3, -0.25) is 4.79 Å². The van der Waals surface area contributed by atoms with E-state index in [1.807, 2.05) is 19.1 Å². The van der Waals surface area contributed by atoms with Gasteiger partial charge in [-0.15, -0.1) is 0 Å². The summed E-state index contributed by atoms with van der Waals surface area (Å²) >= 11 is 12.2. The van der Waals surface area contributed by atoms with E-state index in [2.05, 4.69) is 17.6 Å². The summed E-state index contributed by atoms with van der Waals surface area (Å²) in [5, 5.41) is 7.42.